The zero-order valence-corrected chi connectivity index (χ0v) is 12.0. The average molecular weight is 312 g/mol. The second-order valence-electron chi connectivity index (χ2n) is 5.40. The number of anilines is 1. The number of benzene rings is 1. The van der Waals surface area contributed by atoms with Crippen LogP contribution >= 0.6 is 0 Å². The normalized spacial score (nSPS) is 27.9. The first-order valence-corrected chi connectivity index (χ1v) is 8.16. The summed E-state index contributed by atoms with van der Waals surface area (Å²) in [6, 6.07) is 3.42. The Morgan fingerprint density at radius 1 is 1.38 bits per heavy atom. The molecular weight excluding hydrogens is 296 g/mol. The molecule has 2 heterocycles. The molecule has 0 radical (unpaired) electrons. The van der Waals surface area contributed by atoms with E-state index in [1.165, 1.54) is 18.2 Å². The third kappa shape index (κ3) is 2.61. The van der Waals surface area contributed by atoms with Crippen LogP contribution in [-0.4, -0.2) is 37.7 Å². The third-order valence-electron chi connectivity index (χ3n) is 3.94. The predicted octanol–water partition coefficient (Wildman–Crippen LogP) is 0.565. The highest BCUT2D eigenvalue weighted by atomic mass is 32.2. The van der Waals surface area contributed by atoms with Gasteiger partial charge in [-0.25, -0.2) is 17.9 Å². The van der Waals surface area contributed by atoms with E-state index >= 15 is 0 Å². The maximum absolute atomic E-state index is 12.5. The molecule has 114 valence electrons. The fourth-order valence-corrected chi connectivity index (χ4v) is 4.47. The van der Waals surface area contributed by atoms with Crippen LogP contribution in [0.4, 0.5) is 5.69 Å². The van der Waals surface area contributed by atoms with E-state index in [2.05, 4.69) is 4.72 Å². The minimum atomic E-state index is -3.96. The molecule has 2 aliphatic heterocycles. The van der Waals surface area contributed by atoms with Crippen molar-refractivity contribution in [1.82, 2.24) is 4.72 Å². The number of aromatic carboxylic acids is 1. The zero-order valence-electron chi connectivity index (χ0n) is 11.2. The Morgan fingerprint density at radius 2 is 2.14 bits per heavy atom. The van der Waals surface area contributed by atoms with E-state index in [4.69, 9.17) is 15.6 Å². The quantitative estimate of drug-likeness (QED) is 0.699. The molecular formula is C13H16N2O5S. The van der Waals surface area contributed by atoms with Crippen molar-refractivity contribution >= 4 is 21.7 Å². The number of hydrogen-bond acceptors (Lipinski definition) is 5. The Labute approximate surface area is 122 Å². The fraction of sp³-hybridized carbons (Fsp3) is 0.462. The summed E-state index contributed by atoms with van der Waals surface area (Å²) < 4.78 is 33.1. The molecule has 2 aliphatic rings. The van der Waals surface area contributed by atoms with Gasteiger partial charge in [-0.05, 0) is 37.5 Å². The van der Waals surface area contributed by atoms with Crippen LogP contribution in [0.3, 0.4) is 0 Å². The van der Waals surface area contributed by atoms with E-state index in [0.29, 0.717) is 6.42 Å². The topological polar surface area (TPSA) is 119 Å². The summed E-state index contributed by atoms with van der Waals surface area (Å²) >= 11 is 0. The van der Waals surface area contributed by atoms with Crippen molar-refractivity contribution in [3.05, 3.63) is 23.8 Å². The summed E-state index contributed by atoms with van der Waals surface area (Å²) in [5.74, 6) is -1.31. The summed E-state index contributed by atoms with van der Waals surface area (Å²) in [5, 5.41) is 9.13. The van der Waals surface area contributed by atoms with Gasteiger partial charge in [0, 0.05) is 5.69 Å². The number of nitrogen functional groups attached to an aromatic ring is 1. The van der Waals surface area contributed by atoms with Crippen molar-refractivity contribution in [2.45, 2.75) is 42.4 Å². The van der Waals surface area contributed by atoms with E-state index in [0.717, 1.165) is 12.8 Å². The lowest BCUT2D eigenvalue weighted by Gasteiger charge is -2.20. The molecule has 4 N–H and O–H groups in total. The number of fused-ring (bicyclic) bond motifs is 2. The average Bonchev–Trinajstić information content (AvgIpc) is 3.00. The lowest BCUT2D eigenvalue weighted by molar-refractivity contribution is 0.0692. The van der Waals surface area contributed by atoms with E-state index in [9.17, 15) is 13.2 Å². The highest BCUT2D eigenvalue weighted by Crippen LogP contribution is 2.35. The SMILES string of the molecule is Nc1ccc(C(=O)O)c(S(=O)(=O)NC2CC3CCC2O3)c1. The Kier molecular flexibility index (Phi) is 3.39. The van der Waals surface area contributed by atoms with Crippen LogP contribution in [0.1, 0.15) is 29.6 Å². The summed E-state index contributed by atoms with van der Waals surface area (Å²) in [4.78, 5) is 10.9. The number of carboxylic acid groups (broad SMARTS) is 1. The Bertz CT molecular complexity index is 688. The van der Waals surface area contributed by atoms with Gasteiger partial charge < -0.3 is 15.6 Å². The highest BCUT2D eigenvalue weighted by Gasteiger charge is 2.43. The maximum Gasteiger partial charge on any atom is 0.337 e. The molecule has 0 aromatic heterocycles. The number of hydrogen-bond donors (Lipinski definition) is 3. The number of nitrogens with two attached hydrogens (primary N) is 1. The van der Waals surface area contributed by atoms with E-state index < -0.39 is 16.0 Å². The molecule has 2 saturated heterocycles. The first-order chi connectivity index (χ1) is 9.87. The van der Waals surface area contributed by atoms with Crippen LogP contribution in [-0.2, 0) is 14.8 Å². The second-order valence-corrected chi connectivity index (χ2v) is 7.08. The number of carbonyl (C=O) groups is 1. The highest BCUT2D eigenvalue weighted by molar-refractivity contribution is 7.89. The maximum atomic E-state index is 12.5. The molecule has 0 saturated carbocycles. The minimum absolute atomic E-state index is 0.0995. The summed E-state index contributed by atoms with van der Waals surface area (Å²) in [6.45, 7) is 0. The van der Waals surface area contributed by atoms with Crippen LogP contribution in [0.15, 0.2) is 23.1 Å². The van der Waals surface area contributed by atoms with Gasteiger partial charge >= 0.3 is 5.97 Å². The molecule has 0 aliphatic carbocycles. The van der Waals surface area contributed by atoms with Gasteiger partial charge in [-0.15, -0.1) is 0 Å². The molecule has 0 amide bonds. The van der Waals surface area contributed by atoms with Crippen LogP contribution in [0.5, 0.6) is 0 Å². The molecule has 3 unspecified atom stereocenters. The van der Waals surface area contributed by atoms with Gasteiger partial charge in [0.2, 0.25) is 10.0 Å². The van der Waals surface area contributed by atoms with Gasteiger partial charge in [0.1, 0.15) is 0 Å². The number of carboxylic acids is 1. The van der Waals surface area contributed by atoms with Crippen LogP contribution in [0, 0.1) is 0 Å². The molecule has 21 heavy (non-hydrogen) atoms. The fourth-order valence-electron chi connectivity index (χ4n) is 2.96. The number of sulfonamides is 1. The molecule has 7 nitrogen and oxygen atoms in total. The van der Waals surface area contributed by atoms with Crippen molar-refractivity contribution in [3.8, 4) is 0 Å². The number of nitrogens with one attached hydrogen (secondary N) is 1. The Balaban J connectivity index is 1.91. The van der Waals surface area contributed by atoms with Gasteiger partial charge in [-0.2, -0.15) is 0 Å². The van der Waals surface area contributed by atoms with Gasteiger partial charge in [-0.1, -0.05) is 0 Å². The predicted molar refractivity (Wildman–Crippen MR) is 74.4 cm³/mol. The van der Waals surface area contributed by atoms with Crippen LogP contribution < -0.4 is 10.5 Å². The Hall–Kier alpha value is -1.64. The van der Waals surface area contributed by atoms with Crippen molar-refractivity contribution in [2.75, 3.05) is 5.73 Å². The first-order valence-electron chi connectivity index (χ1n) is 6.67. The lowest BCUT2D eigenvalue weighted by atomic mass is 9.96. The molecule has 8 heteroatoms. The minimum Gasteiger partial charge on any atom is -0.478 e. The van der Waals surface area contributed by atoms with Crippen LogP contribution in [0.25, 0.3) is 0 Å². The standard InChI is InChI=1S/C13H16N2O5S/c14-7-1-3-9(13(16)17)12(5-7)21(18,19)15-10-6-8-2-4-11(10)20-8/h1,3,5,8,10-11,15H,2,4,6,14H2,(H,16,17). The van der Waals surface area contributed by atoms with E-state index in [1.54, 1.807) is 0 Å². The van der Waals surface area contributed by atoms with Gasteiger partial charge in [0.15, 0.2) is 0 Å². The van der Waals surface area contributed by atoms with Gasteiger partial charge in [-0.3, -0.25) is 0 Å². The first kappa shape index (κ1) is 14.3. The smallest absolute Gasteiger partial charge is 0.337 e. The van der Waals surface area contributed by atoms with Gasteiger partial charge in [0.25, 0.3) is 0 Å². The summed E-state index contributed by atoms with van der Waals surface area (Å²) in [7, 11) is -3.96. The number of rotatable bonds is 4. The molecule has 0 spiro atoms. The molecule has 2 bridgehead atoms. The Morgan fingerprint density at radius 3 is 2.71 bits per heavy atom. The number of ether oxygens (including phenoxy) is 1. The monoisotopic (exact) mass is 312 g/mol. The van der Waals surface area contributed by atoms with Crippen molar-refractivity contribution in [1.29, 1.82) is 0 Å². The second kappa shape index (κ2) is 4.97. The summed E-state index contributed by atoms with van der Waals surface area (Å²) in [5.41, 5.74) is 5.49. The molecule has 2 fully saturated rings. The van der Waals surface area contributed by atoms with E-state index in [1.807, 2.05) is 0 Å². The zero-order chi connectivity index (χ0) is 15.2. The lowest BCUT2D eigenvalue weighted by Crippen LogP contribution is -2.41. The van der Waals surface area contributed by atoms with E-state index in [-0.39, 0.29) is 34.4 Å². The van der Waals surface area contributed by atoms with Gasteiger partial charge in [0.05, 0.1) is 28.7 Å². The third-order valence-corrected chi connectivity index (χ3v) is 5.47. The molecule has 1 aromatic rings. The molecule has 3 rings (SSSR count). The van der Waals surface area contributed by atoms with Crippen molar-refractivity contribution < 1.29 is 23.1 Å². The summed E-state index contributed by atoms with van der Waals surface area (Å²) in [6.07, 6.45) is 2.36. The largest absolute Gasteiger partial charge is 0.478 e. The molecule has 1 aromatic carbocycles. The van der Waals surface area contributed by atoms with Crippen LogP contribution in [0.2, 0.25) is 0 Å². The van der Waals surface area contributed by atoms with Crippen molar-refractivity contribution in [3.63, 3.8) is 0 Å². The molecule has 3 atom stereocenters. The van der Waals surface area contributed by atoms with Crippen molar-refractivity contribution in [2.24, 2.45) is 0 Å².